The average molecular weight is 506 g/mol. The van der Waals surface area contributed by atoms with Crippen LogP contribution >= 0.6 is 0 Å². The van der Waals surface area contributed by atoms with Gasteiger partial charge in [-0.05, 0) is 35.1 Å². The Labute approximate surface area is 223 Å². The molecule has 2 atom stereocenters. The lowest BCUT2D eigenvalue weighted by Gasteiger charge is -2.51. The zero-order chi connectivity index (χ0) is 27.9. The third-order valence-corrected chi connectivity index (χ3v) is 6.72. The monoisotopic (exact) mass is 505 g/mol. The topological polar surface area (TPSA) is 65.0 Å². The van der Waals surface area contributed by atoms with E-state index in [4.69, 9.17) is 4.74 Å². The van der Waals surface area contributed by atoms with E-state index in [0.29, 0.717) is 25.0 Å². The van der Waals surface area contributed by atoms with E-state index in [1.807, 2.05) is 38.3 Å². The summed E-state index contributed by atoms with van der Waals surface area (Å²) >= 11 is 0. The highest BCUT2D eigenvalue weighted by molar-refractivity contribution is 5.78. The lowest BCUT2D eigenvalue weighted by Crippen LogP contribution is -2.53. The lowest BCUT2D eigenvalue weighted by atomic mass is 9.81. The first-order valence-electron chi connectivity index (χ1n) is 12.9. The number of amides is 1. The number of aliphatic hydroxyl groups is 1. The Balaban J connectivity index is 0.00000115. The molecule has 0 bridgehead atoms. The van der Waals surface area contributed by atoms with Crippen molar-refractivity contribution in [3.05, 3.63) is 83.3 Å². The molecule has 4 aliphatic rings. The minimum Gasteiger partial charge on any atom is -0.508 e. The molecule has 1 amide bonds. The van der Waals surface area contributed by atoms with E-state index < -0.39 is 0 Å². The first-order valence-corrected chi connectivity index (χ1v) is 12.9. The Morgan fingerprint density at radius 2 is 1.97 bits per heavy atom. The average Bonchev–Trinajstić information content (AvgIpc) is 3.29. The minimum absolute atomic E-state index is 0.0168. The highest BCUT2D eigenvalue weighted by atomic mass is 16.5. The van der Waals surface area contributed by atoms with Crippen LogP contribution in [0, 0.1) is 18.3 Å². The highest BCUT2D eigenvalue weighted by Gasteiger charge is 2.40. The van der Waals surface area contributed by atoms with Crippen LogP contribution in [0.15, 0.2) is 83.3 Å². The Bertz CT molecular complexity index is 1080. The molecule has 2 saturated heterocycles. The molecule has 6 nitrogen and oxygen atoms in total. The maximum atomic E-state index is 11.5. The number of ether oxygens (including phenoxy) is 1. The van der Waals surface area contributed by atoms with Gasteiger partial charge in [-0.1, -0.05) is 59.9 Å². The smallest absolute Gasteiger partial charge is 0.220 e. The van der Waals surface area contributed by atoms with E-state index in [9.17, 15) is 9.90 Å². The molecule has 6 heteroatoms. The largest absolute Gasteiger partial charge is 0.508 e. The third-order valence-electron chi connectivity index (χ3n) is 6.72. The van der Waals surface area contributed by atoms with Crippen LogP contribution in [-0.4, -0.2) is 53.1 Å². The van der Waals surface area contributed by atoms with Gasteiger partial charge in [0, 0.05) is 38.2 Å². The fraction of sp³-hybridized carbons (Fsp3) is 0.452. The summed E-state index contributed by atoms with van der Waals surface area (Å²) in [5.74, 6) is 1.03. The van der Waals surface area contributed by atoms with Gasteiger partial charge in [-0.15, -0.1) is 12.8 Å². The number of terminal acetylenes is 1. The molecule has 0 aromatic rings. The van der Waals surface area contributed by atoms with Gasteiger partial charge in [-0.2, -0.15) is 0 Å². The normalized spacial score (nSPS) is 24.8. The van der Waals surface area contributed by atoms with E-state index >= 15 is 0 Å². The first kappa shape index (κ1) is 29.6. The van der Waals surface area contributed by atoms with Crippen LogP contribution in [0.3, 0.4) is 0 Å². The second kappa shape index (κ2) is 12.6. The number of nitrogens with one attached hydrogen (secondary N) is 1. The number of carbonyl (C=O) groups excluding carboxylic acids is 1. The number of hydrogen-bond donors (Lipinski definition) is 2. The Morgan fingerprint density at radius 1 is 1.30 bits per heavy atom. The van der Waals surface area contributed by atoms with Crippen LogP contribution in [-0.2, 0) is 9.53 Å². The van der Waals surface area contributed by atoms with E-state index in [-0.39, 0.29) is 29.2 Å². The summed E-state index contributed by atoms with van der Waals surface area (Å²) in [5, 5.41) is 13.1. The minimum atomic E-state index is 0.0168. The Kier molecular flexibility index (Phi) is 10.1. The fourth-order valence-corrected chi connectivity index (χ4v) is 4.90. The van der Waals surface area contributed by atoms with Gasteiger partial charge in [0.15, 0.2) is 0 Å². The number of allylic oxidation sites excluding steroid dienone is 6. The number of hydrogen-bond acceptors (Lipinski definition) is 5. The van der Waals surface area contributed by atoms with Crippen LogP contribution in [0.25, 0.3) is 0 Å². The molecule has 2 N–H and O–H groups in total. The molecule has 0 aromatic carbocycles. The maximum Gasteiger partial charge on any atom is 0.220 e. The van der Waals surface area contributed by atoms with Gasteiger partial charge in [0.05, 0.1) is 23.5 Å². The molecule has 1 aliphatic carbocycles. The molecule has 4 rings (SSSR count). The van der Waals surface area contributed by atoms with Crippen molar-refractivity contribution in [2.75, 3.05) is 20.2 Å². The third kappa shape index (κ3) is 6.80. The molecular formula is C31H43N3O3. The summed E-state index contributed by atoms with van der Waals surface area (Å²) in [6.45, 7) is 20.0. The van der Waals surface area contributed by atoms with Gasteiger partial charge in [0.2, 0.25) is 5.91 Å². The zero-order valence-corrected chi connectivity index (χ0v) is 23.3. The predicted octanol–water partition coefficient (Wildman–Crippen LogP) is 5.73. The summed E-state index contributed by atoms with van der Waals surface area (Å²) < 4.78 is 6.09. The number of aliphatic hydroxyl groups excluding tert-OH is 1. The van der Waals surface area contributed by atoms with Gasteiger partial charge in [-0.25, -0.2) is 0 Å². The van der Waals surface area contributed by atoms with Gasteiger partial charge >= 0.3 is 0 Å². The van der Waals surface area contributed by atoms with Crippen LogP contribution in [0.2, 0.25) is 0 Å². The number of fused-ring (bicyclic) bond motifs is 1. The van der Waals surface area contributed by atoms with E-state index in [2.05, 4.69) is 75.0 Å². The second-order valence-corrected chi connectivity index (χ2v) is 10.4. The predicted molar refractivity (Wildman–Crippen MR) is 152 cm³/mol. The number of rotatable bonds is 4. The van der Waals surface area contributed by atoms with E-state index in [0.717, 1.165) is 35.7 Å². The Hall–Kier alpha value is -3.59. The standard InChI is InChI=1S/C27H35N3O3.C2H6.C2H2/c1-17-12-23-26(19-8-7-9-21(13-19)33-16-20-10-11-25(32)28-20)29(6)15-24(27(3,4)5)30(23)14-22(17)18(2)31;2*1-2/h7-9,12,14,20,24,31H,1-2,10-11,13,15-16H2,3-6H3,(H,28,32);1-2H3;1-2H/b26-19-;;. The number of likely N-dealkylation sites (N-methyl/N-ethyl adjacent to an activating group) is 1. The van der Waals surface area contributed by atoms with Crippen molar-refractivity contribution in [3.63, 3.8) is 0 Å². The van der Waals surface area contributed by atoms with Crippen molar-refractivity contribution < 1.29 is 14.6 Å². The molecule has 200 valence electrons. The van der Waals surface area contributed by atoms with Gasteiger partial charge in [0.25, 0.3) is 0 Å². The summed E-state index contributed by atoms with van der Waals surface area (Å²) in [4.78, 5) is 16.1. The quantitative estimate of drug-likeness (QED) is 0.378. The van der Waals surface area contributed by atoms with E-state index in [1.165, 1.54) is 5.57 Å². The van der Waals surface area contributed by atoms with Gasteiger partial charge in [-0.3, -0.25) is 4.79 Å². The maximum absolute atomic E-state index is 11.5. The molecule has 2 fully saturated rings. The molecule has 0 aromatic heterocycles. The number of carbonyl (C=O) groups is 1. The van der Waals surface area contributed by atoms with Crippen molar-refractivity contribution in [1.82, 2.24) is 15.1 Å². The molecule has 2 unspecified atom stereocenters. The molecule has 0 radical (unpaired) electrons. The van der Waals surface area contributed by atoms with Crippen molar-refractivity contribution in [3.8, 4) is 12.8 Å². The summed E-state index contributed by atoms with van der Waals surface area (Å²) in [7, 11) is 2.13. The second-order valence-electron chi connectivity index (χ2n) is 10.4. The van der Waals surface area contributed by atoms with Crippen LogP contribution in [0.1, 0.15) is 53.9 Å². The van der Waals surface area contributed by atoms with Crippen LogP contribution in [0.5, 0.6) is 0 Å². The molecule has 3 heterocycles. The van der Waals surface area contributed by atoms with Crippen molar-refractivity contribution in [2.24, 2.45) is 5.41 Å². The molecule has 0 spiro atoms. The number of nitrogens with zero attached hydrogens (tertiary/aromatic N) is 2. The first-order chi connectivity index (χ1) is 17.5. The fourth-order valence-electron chi connectivity index (χ4n) is 4.90. The summed E-state index contributed by atoms with van der Waals surface area (Å²) in [6, 6.07) is 0.297. The van der Waals surface area contributed by atoms with E-state index in [1.54, 1.807) is 0 Å². The lowest BCUT2D eigenvalue weighted by molar-refractivity contribution is -0.119. The van der Waals surface area contributed by atoms with Crippen molar-refractivity contribution in [2.45, 2.75) is 66.0 Å². The Morgan fingerprint density at radius 3 is 2.54 bits per heavy atom. The van der Waals surface area contributed by atoms with Gasteiger partial charge < -0.3 is 25.0 Å². The van der Waals surface area contributed by atoms with Crippen molar-refractivity contribution in [1.29, 1.82) is 0 Å². The molecule has 0 saturated carbocycles. The summed E-state index contributed by atoms with van der Waals surface area (Å²) in [5.41, 5.74) is 4.81. The van der Waals surface area contributed by atoms with Gasteiger partial charge in [0.1, 0.15) is 18.1 Å². The molecular weight excluding hydrogens is 462 g/mol. The van der Waals surface area contributed by atoms with Crippen LogP contribution in [0.4, 0.5) is 0 Å². The molecule has 3 aliphatic heterocycles. The highest BCUT2D eigenvalue weighted by Crippen LogP contribution is 2.42. The number of piperazine rings is 1. The zero-order valence-electron chi connectivity index (χ0n) is 23.3. The van der Waals surface area contributed by atoms with Crippen LogP contribution < -0.4 is 5.32 Å². The summed E-state index contributed by atoms with van der Waals surface area (Å²) in [6.07, 6.45) is 20.3. The van der Waals surface area contributed by atoms with Crippen molar-refractivity contribution >= 4 is 5.91 Å². The SMILES string of the molecule is C#C.C=C(O)C1=CN2C(=CC1=C)/C(=C1\C=CC=C(OCC3CCC(=O)N3)C1)N(C)CC2C(C)(C)C.CC. The molecule has 37 heavy (non-hydrogen) atoms.